The second kappa shape index (κ2) is 5.73. The lowest BCUT2D eigenvalue weighted by atomic mass is 10.2. The molecule has 2 N–H and O–H groups in total. The standard InChI is InChI=1S/C15H17N5S/c1-10(2)20-14(16)18-19-15(20)21-9-12-8-7-11-5-3-4-6-13(11)17-12/h3-8,10H,9H2,1-2H3,(H2,16,18). The van der Waals surface area contributed by atoms with Crippen LogP contribution < -0.4 is 5.73 Å². The van der Waals surface area contributed by atoms with Gasteiger partial charge in [-0.15, -0.1) is 10.2 Å². The van der Waals surface area contributed by atoms with Gasteiger partial charge in [-0.2, -0.15) is 0 Å². The Kier molecular flexibility index (Phi) is 3.79. The Balaban J connectivity index is 1.80. The van der Waals surface area contributed by atoms with Crippen LogP contribution in [0.5, 0.6) is 0 Å². The Bertz CT molecular complexity index is 766. The highest BCUT2D eigenvalue weighted by atomic mass is 32.2. The van der Waals surface area contributed by atoms with Gasteiger partial charge in [-0.1, -0.05) is 36.0 Å². The van der Waals surface area contributed by atoms with Gasteiger partial charge in [-0.3, -0.25) is 9.55 Å². The van der Waals surface area contributed by atoms with Crippen LogP contribution in [0.4, 0.5) is 5.95 Å². The van der Waals surface area contributed by atoms with Crippen molar-refractivity contribution in [2.45, 2.75) is 30.8 Å². The van der Waals surface area contributed by atoms with Crippen LogP contribution in [0.1, 0.15) is 25.6 Å². The summed E-state index contributed by atoms with van der Waals surface area (Å²) in [5.74, 6) is 1.20. The van der Waals surface area contributed by atoms with Gasteiger partial charge >= 0.3 is 0 Å². The number of nitrogens with zero attached hydrogens (tertiary/aromatic N) is 4. The summed E-state index contributed by atoms with van der Waals surface area (Å²) in [5.41, 5.74) is 7.88. The lowest BCUT2D eigenvalue weighted by Crippen LogP contribution is -2.07. The zero-order valence-electron chi connectivity index (χ0n) is 12.0. The van der Waals surface area contributed by atoms with Crippen molar-refractivity contribution >= 4 is 28.6 Å². The quantitative estimate of drug-likeness (QED) is 0.749. The van der Waals surface area contributed by atoms with E-state index < -0.39 is 0 Å². The van der Waals surface area contributed by atoms with E-state index in [0.29, 0.717) is 5.95 Å². The smallest absolute Gasteiger partial charge is 0.222 e. The molecule has 0 aliphatic rings. The minimum Gasteiger partial charge on any atom is -0.368 e. The Labute approximate surface area is 127 Å². The van der Waals surface area contributed by atoms with Crippen molar-refractivity contribution in [3.63, 3.8) is 0 Å². The van der Waals surface area contributed by atoms with Gasteiger partial charge < -0.3 is 5.73 Å². The van der Waals surface area contributed by atoms with E-state index in [4.69, 9.17) is 5.73 Å². The lowest BCUT2D eigenvalue weighted by molar-refractivity contribution is 0.557. The van der Waals surface area contributed by atoms with E-state index >= 15 is 0 Å². The first-order valence-corrected chi connectivity index (χ1v) is 7.81. The van der Waals surface area contributed by atoms with Gasteiger partial charge in [0.2, 0.25) is 5.95 Å². The van der Waals surface area contributed by atoms with E-state index in [-0.39, 0.29) is 6.04 Å². The number of para-hydroxylation sites is 1. The molecule has 0 radical (unpaired) electrons. The molecule has 0 spiro atoms. The lowest BCUT2D eigenvalue weighted by Gasteiger charge is -2.11. The number of rotatable bonds is 4. The van der Waals surface area contributed by atoms with Crippen molar-refractivity contribution in [3.05, 3.63) is 42.1 Å². The van der Waals surface area contributed by atoms with Crippen molar-refractivity contribution in [2.24, 2.45) is 0 Å². The third-order valence-electron chi connectivity index (χ3n) is 3.21. The molecule has 3 rings (SSSR count). The summed E-state index contributed by atoms with van der Waals surface area (Å²) in [6, 6.07) is 12.5. The number of benzene rings is 1. The molecule has 108 valence electrons. The molecule has 0 atom stereocenters. The summed E-state index contributed by atoms with van der Waals surface area (Å²) in [6.07, 6.45) is 0. The summed E-state index contributed by atoms with van der Waals surface area (Å²) >= 11 is 1.60. The zero-order chi connectivity index (χ0) is 14.8. The number of anilines is 1. The maximum absolute atomic E-state index is 5.85. The SMILES string of the molecule is CC(C)n1c(N)nnc1SCc1ccc2ccccc2n1. The first-order chi connectivity index (χ1) is 10.1. The van der Waals surface area contributed by atoms with Crippen molar-refractivity contribution in [3.8, 4) is 0 Å². The fourth-order valence-corrected chi connectivity index (χ4v) is 3.18. The first-order valence-electron chi connectivity index (χ1n) is 6.83. The molecule has 21 heavy (non-hydrogen) atoms. The van der Waals surface area contributed by atoms with Crippen LogP contribution in [0.2, 0.25) is 0 Å². The predicted molar refractivity (Wildman–Crippen MR) is 86.1 cm³/mol. The van der Waals surface area contributed by atoms with E-state index in [0.717, 1.165) is 27.5 Å². The fourth-order valence-electron chi connectivity index (χ4n) is 2.20. The molecule has 0 bridgehead atoms. The van der Waals surface area contributed by atoms with E-state index in [1.807, 2.05) is 22.8 Å². The summed E-state index contributed by atoms with van der Waals surface area (Å²) < 4.78 is 1.94. The molecule has 5 nitrogen and oxygen atoms in total. The summed E-state index contributed by atoms with van der Waals surface area (Å²) in [6.45, 7) is 4.14. The Morgan fingerprint density at radius 2 is 1.95 bits per heavy atom. The van der Waals surface area contributed by atoms with Gasteiger partial charge in [0.1, 0.15) is 0 Å². The molecule has 1 aromatic carbocycles. The molecular formula is C15H17N5S. The Morgan fingerprint density at radius 1 is 1.14 bits per heavy atom. The van der Waals surface area contributed by atoms with Gasteiger partial charge in [0.25, 0.3) is 0 Å². The second-order valence-corrected chi connectivity index (χ2v) is 6.03. The average molecular weight is 299 g/mol. The van der Waals surface area contributed by atoms with Crippen LogP contribution in [0.25, 0.3) is 10.9 Å². The molecule has 0 unspecified atom stereocenters. The molecule has 6 heteroatoms. The normalized spacial score (nSPS) is 11.4. The van der Waals surface area contributed by atoms with Gasteiger partial charge in [0.15, 0.2) is 5.16 Å². The van der Waals surface area contributed by atoms with Crippen molar-refractivity contribution in [2.75, 3.05) is 5.73 Å². The third kappa shape index (κ3) is 2.85. The number of thioether (sulfide) groups is 1. The topological polar surface area (TPSA) is 69.6 Å². The van der Waals surface area contributed by atoms with E-state index in [9.17, 15) is 0 Å². The van der Waals surface area contributed by atoms with Crippen LogP contribution in [-0.4, -0.2) is 19.7 Å². The van der Waals surface area contributed by atoms with E-state index in [1.54, 1.807) is 11.8 Å². The average Bonchev–Trinajstić information content (AvgIpc) is 2.86. The highest BCUT2D eigenvalue weighted by Gasteiger charge is 2.13. The van der Waals surface area contributed by atoms with E-state index in [2.05, 4.69) is 47.2 Å². The largest absolute Gasteiger partial charge is 0.368 e. The predicted octanol–water partition coefficient (Wildman–Crippen LogP) is 3.28. The highest BCUT2D eigenvalue weighted by Crippen LogP contribution is 2.25. The number of hydrogen-bond donors (Lipinski definition) is 1. The minimum atomic E-state index is 0.243. The molecular weight excluding hydrogens is 282 g/mol. The maximum Gasteiger partial charge on any atom is 0.222 e. The van der Waals surface area contributed by atoms with Gasteiger partial charge in [0.05, 0.1) is 11.2 Å². The molecule has 0 saturated carbocycles. The van der Waals surface area contributed by atoms with Crippen molar-refractivity contribution in [1.29, 1.82) is 0 Å². The van der Waals surface area contributed by atoms with Crippen molar-refractivity contribution in [1.82, 2.24) is 19.7 Å². The number of fused-ring (bicyclic) bond motifs is 1. The molecule has 0 aliphatic heterocycles. The van der Waals surface area contributed by atoms with Gasteiger partial charge in [0, 0.05) is 17.2 Å². The van der Waals surface area contributed by atoms with Gasteiger partial charge in [-0.25, -0.2) is 0 Å². The molecule has 0 fully saturated rings. The molecule has 0 aliphatic carbocycles. The number of aromatic nitrogens is 4. The maximum atomic E-state index is 5.85. The molecule has 2 heterocycles. The summed E-state index contributed by atoms with van der Waals surface area (Å²) in [5, 5.41) is 10.1. The number of nitrogen functional groups attached to an aromatic ring is 1. The highest BCUT2D eigenvalue weighted by molar-refractivity contribution is 7.98. The fraction of sp³-hybridized carbons (Fsp3) is 0.267. The minimum absolute atomic E-state index is 0.243. The molecule has 0 amide bonds. The number of hydrogen-bond acceptors (Lipinski definition) is 5. The second-order valence-electron chi connectivity index (χ2n) is 5.09. The van der Waals surface area contributed by atoms with Crippen LogP contribution in [0.15, 0.2) is 41.6 Å². The summed E-state index contributed by atoms with van der Waals surface area (Å²) in [4.78, 5) is 4.66. The van der Waals surface area contributed by atoms with E-state index in [1.165, 1.54) is 0 Å². The third-order valence-corrected chi connectivity index (χ3v) is 4.19. The van der Waals surface area contributed by atoms with Crippen LogP contribution in [0.3, 0.4) is 0 Å². The van der Waals surface area contributed by atoms with Crippen LogP contribution in [-0.2, 0) is 5.75 Å². The Morgan fingerprint density at radius 3 is 2.76 bits per heavy atom. The first kappa shape index (κ1) is 13.9. The van der Waals surface area contributed by atoms with Gasteiger partial charge in [-0.05, 0) is 26.0 Å². The monoisotopic (exact) mass is 299 g/mol. The molecule has 2 aromatic heterocycles. The number of nitrogens with two attached hydrogens (primary N) is 1. The number of pyridine rings is 1. The van der Waals surface area contributed by atoms with Crippen LogP contribution >= 0.6 is 11.8 Å². The van der Waals surface area contributed by atoms with Crippen molar-refractivity contribution < 1.29 is 0 Å². The Hall–Kier alpha value is -2.08. The summed E-state index contributed by atoms with van der Waals surface area (Å²) in [7, 11) is 0. The zero-order valence-corrected chi connectivity index (χ0v) is 12.8. The molecule has 3 aromatic rings. The van der Waals surface area contributed by atoms with Crippen LogP contribution in [0, 0.1) is 0 Å². The molecule has 0 saturated heterocycles.